The number of nitrogen functional groups attached to an aromatic ring is 3. The van der Waals surface area contributed by atoms with Crippen molar-refractivity contribution in [2.24, 2.45) is 0 Å². The number of rotatable bonds is 9. The second kappa shape index (κ2) is 35.7. The third-order valence-electron chi connectivity index (χ3n) is 15.9. The number of benzene rings is 2. The van der Waals surface area contributed by atoms with Crippen molar-refractivity contribution in [1.82, 2.24) is 68.2 Å². The van der Waals surface area contributed by atoms with E-state index in [1.807, 2.05) is 89.5 Å². The topological polar surface area (TPSA) is 343 Å². The maximum atomic E-state index is 12.6. The van der Waals surface area contributed by atoms with Gasteiger partial charge < -0.3 is 48.1 Å². The smallest absolute Gasteiger partial charge is 0.381 e. The van der Waals surface area contributed by atoms with E-state index in [2.05, 4.69) is 98.5 Å². The van der Waals surface area contributed by atoms with Crippen LogP contribution in [-0.4, -0.2) is 124 Å². The molecule has 0 unspecified atom stereocenters. The number of hydrogen-bond acceptors (Lipinski definition) is 17. The number of nitrogens with zero attached hydrogens (tertiary/aromatic N) is 13. The summed E-state index contributed by atoms with van der Waals surface area (Å²) in [7, 11) is 0. The molecule has 25 nitrogen and oxygen atoms in total. The Morgan fingerprint density at radius 3 is 1.38 bits per heavy atom. The number of carboxylic acid groups (broad SMARTS) is 1. The third kappa shape index (κ3) is 18.3. The molecule has 512 valence electrons. The summed E-state index contributed by atoms with van der Waals surface area (Å²) in [4.78, 5) is 97.0. The number of carbonyl (C=O) groups is 5. The van der Waals surface area contributed by atoms with Crippen molar-refractivity contribution in [3.63, 3.8) is 0 Å². The van der Waals surface area contributed by atoms with Crippen molar-refractivity contribution in [3.05, 3.63) is 174 Å². The Labute approximate surface area is 578 Å². The molecule has 10 aromatic rings. The average molecular weight is 1340 g/mol. The fourth-order valence-corrected chi connectivity index (χ4v) is 11.5. The van der Waals surface area contributed by atoms with E-state index < -0.39 is 5.97 Å². The third-order valence-corrected chi connectivity index (χ3v) is 15.9. The molecule has 2 aromatic carbocycles. The van der Waals surface area contributed by atoms with Crippen LogP contribution in [0.2, 0.25) is 13.6 Å². The molecule has 3 aliphatic heterocycles. The van der Waals surface area contributed by atoms with Crippen molar-refractivity contribution in [3.8, 4) is 46.8 Å². The van der Waals surface area contributed by atoms with Gasteiger partial charge in [-0.1, -0.05) is 95.5 Å². The summed E-state index contributed by atoms with van der Waals surface area (Å²) >= 11 is 0. The standard InChI is InChI=1S/C26H23N7O2.C15H17N5O.C14H15BN2O.C11H15N5.C4H4O2.3CH4/c1-2-6-21(34)32-15-5-7-19(32)25-31-22(23-24(27)29-14-16-33(23)25)17-9-11-18(12-10-17)26(35)30-20-8-3-4-13-28-20;1-3-5-12(21)19-8-4-6-11(19)15-18-10(2)13-14(16)17-7-9-20(13)15;1-15(2)12-8-6-11(7-9-12)14(18)17-13-5-3-4-10-16-13;1-7-9-10(12)14-5-6-16(9)11(15-7)8-3-2-4-13-8;1-2-3-4(5)6;;;/h3-4,8-14,16,19H,5,7,15H2,1H3,(H2,27,29)(H,28,30,35);7,9,11H,4,6,8H2,1-2H3,(H2,16,17);3-10H,1-2H3,(H,16,17,18);5-6,8,13H,2-4H2,1H3,(H2,12,14);1H3,(H,5,6);3*1H4/t19-;11-;;8-;;;;/m00.0..../s1. The van der Waals surface area contributed by atoms with Crippen LogP contribution < -0.4 is 38.6 Å². The zero-order valence-corrected chi connectivity index (χ0v) is 54.4. The van der Waals surface area contributed by atoms with E-state index in [1.54, 1.807) is 97.2 Å². The number of likely N-dealkylation sites (tertiary alicyclic amines) is 2. The van der Waals surface area contributed by atoms with Gasteiger partial charge >= 0.3 is 5.97 Å². The van der Waals surface area contributed by atoms with E-state index in [4.69, 9.17) is 27.3 Å². The van der Waals surface area contributed by atoms with Gasteiger partial charge in [-0.05, 0) is 140 Å². The fraction of sp³-hybridized carbons (Fsp3) is 0.301. The van der Waals surface area contributed by atoms with Crippen molar-refractivity contribution >= 4 is 87.4 Å². The lowest BCUT2D eigenvalue weighted by atomic mass is 9.49. The van der Waals surface area contributed by atoms with Gasteiger partial charge in [-0.2, -0.15) is 0 Å². The lowest BCUT2D eigenvalue weighted by Crippen LogP contribution is -2.30. The highest BCUT2D eigenvalue weighted by atomic mass is 16.4. The monoisotopic (exact) mass is 1340 g/mol. The van der Waals surface area contributed by atoms with Crippen LogP contribution in [0.4, 0.5) is 29.1 Å². The Hall–Kier alpha value is -11.9. The molecule has 8 aromatic heterocycles. The quantitative estimate of drug-likeness (QED) is 0.0522. The maximum Gasteiger partial charge on any atom is 0.381 e. The SMILES string of the molecule is C.C.C.CB(C)c1ccc(C(=O)Nc2ccccn2)cc1.CC#CC(=O)N1CCC[C@H]1c1nc(-c2ccc(C(=O)Nc3ccccn3)cc2)c2c(N)nccn12.CC#CC(=O)N1CCC[C@H]1c1nc(C)c2c(N)nccn12.CC#CC(=O)O.Cc1nc([C@@H]2CCCN2)n2ccnc(N)c12. The minimum atomic E-state index is -1.07. The molecule has 99 heavy (non-hydrogen) atoms. The van der Waals surface area contributed by atoms with Gasteiger partial charge in [0.05, 0.1) is 29.5 Å². The molecule has 26 heteroatoms. The largest absolute Gasteiger partial charge is 0.472 e. The predicted octanol–water partition coefficient (Wildman–Crippen LogP) is 9.96. The van der Waals surface area contributed by atoms with E-state index in [9.17, 15) is 24.0 Å². The second-order valence-corrected chi connectivity index (χ2v) is 22.6. The van der Waals surface area contributed by atoms with Gasteiger partial charge in [0.25, 0.3) is 23.6 Å². The number of imidazole rings is 3. The number of carbonyl (C=O) groups excluding carboxylic acids is 4. The molecule has 3 fully saturated rings. The minimum Gasteiger partial charge on any atom is -0.472 e. The molecule has 10 N–H and O–H groups in total. The van der Waals surface area contributed by atoms with Gasteiger partial charge in [-0.15, -0.1) is 0 Å². The molecule has 3 atom stereocenters. The van der Waals surface area contributed by atoms with Crippen molar-refractivity contribution in [1.29, 1.82) is 0 Å². The van der Waals surface area contributed by atoms with Crippen LogP contribution in [0.25, 0.3) is 27.8 Å². The first-order chi connectivity index (χ1) is 46.4. The zero-order valence-electron chi connectivity index (χ0n) is 54.4. The number of anilines is 5. The number of amides is 4. The number of aryl methyl sites for hydroxylation is 2. The number of pyridine rings is 2. The van der Waals surface area contributed by atoms with Crippen LogP contribution in [0.1, 0.15) is 149 Å². The van der Waals surface area contributed by atoms with Crippen LogP contribution in [0.3, 0.4) is 0 Å². The highest BCUT2D eigenvalue weighted by Gasteiger charge is 2.35. The van der Waals surface area contributed by atoms with Gasteiger partial charge in [0, 0.05) is 85.3 Å². The molecule has 13 rings (SSSR count). The summed E-state index contributed by atoms with van der Waals surface area (Å²) in [5, 5.41) is 16.7. The molecule has 11 heterocycles. The lowest BCUT2D eigenvalue weighted by Gasteiger charge is -2.21. The normalized spacial score (nSPS) is 14.6. The van der Waals surface area contributed by atoms with Gasteiger partial charge in [-0.25, -0.2) is 44.7 Å². The number of nitrogens with one attached hydrogen (secondary N) is 3. The first-order valence-electron chi connectivity index (χ1n) is 31.2. The average Bonchev–Trinajstić information content (AvgIpc) is 1.62. The number of carboxylic acids is 1. The molecule has 3 aliphatic rings. The summed E-state index contributed by atoms with van der Waals surface area (Å²) < 4.78 is 5.89. The molecule has 3 saturated heterocycles. The Morgan fingerprint density at radius 2 is 0.970 bits per heavy atom. The molecular weight excluding hydrogens is 1250 g/mol. The zero-order chi connectivity index (χ0) is 68.4. The van der Waals surface area contributed by atoms with Crippen molar-refractivity contribution in [2.45, 2.75) is 127 Å². The molecule has 0 saturated carbocycles. The van der Waals surface area contributed by atoms with Crippen LogP contribution >= 0.6 is 0 Å². The summed E-state index contributed by atoms with van der Waals surface area (Å²) in [5.41, 5.74) is 26.1. The molecular formula is C73H86BN19O6. The summed E-state index contributed by atoms with van der Waals surface area (Å²) in [5.74, 6) is 17.9. The highest BCUT2D eigenvalue weighted by Crippen LogP contribution is 2.37. The molecule has 4 amide bonds. The Balaban J connectivity index is 0.000000209. The first-order valence-corrected chi connectivity index (χ1v) is 31.2. The van der Waals surface area contributed by atoms with Gasteiger partial charge in [-0.3, -0.25) is 32.4 Å². The Bertz CT molecular complexity index is 4630. The van der Waals surface area contributed by atoms with E-state index in [1.165, 1.54) is 18.8 Å². The van der Waals surface area contributed by atoms with Gasteiger partial charge in [0.2, 0.25) is 0 Å². The first kappa shape index (κ1) is 76.1. The lowest BCUT2D eigenvalue weighted by molar-refractivity contribution is -0.130. The molecule has 0 bridgehead atoms. The highest BCUT2D eigenvalue weighted by molar-refractivity contribution is 6.70. The van der Waals surface area contributed by atoms with E-state index in [0.29, 0.717) is 83.1 Å². The molecule has 0 radical (unpaired) electrons. The van der Waals surface area contributed by atoms with Gasteiger partial charge in [0.1, 0.15) is 68.8 Å². The van der Waals surface area contributed by atoms with E-state index >= 15 is 0 Å². The second-order valence-electron chi connectivity index (χ2n) is 22.6. The maximum absolute atomic E-state index is 12.6. The number of aromatic nitrogens is 11. The Morgan fingerprint density at radius 1 is 0.535 bits per heavy atom. The number of nitrogens with two attached hydrogens (primary N) is 3. The number of fused-ring (bicyclic) bond motifs is 3. The minimum absolute atomic E-state index is 0. The molecule has 0 spiro atoms. The van der Waals surface area contributed by atoms with Crippen molar-refractivity contribution < 1.29 is 29.1 Å². The van der Waals surface area contributed by atoms with Crippen LogP contribution in [-0.2, 0) is 14.4 Å². The van der Waals surface area contributed by atoms with Crippen LogP contribution in [0.5, 0.6) is 0 Å². The van der Waals surface area contributed by atoms with Gasteiger partial charge in [0.15, 0.2) is 6.71 Å². The van der Waals surface area contributed by atoms with E-state index in [-0.39, 0.29) is 58.0 Å². The van der Waals surface area contributed by atoms with Crippen molar-refractivity contribution in [2.75, 3.05) is 47.5 Å². The van der Waals surface area contributed by atoms with Crippen LogP contribution in [0, 0.1) is 49.4 Å². The predicted molar refractivity (Wildman–Crippen MR) is 391 cm³/mol. The van der Waals surface area contributed by atoms with Crippen LogP contribution in [0.15, 0.2) is 135 Å². The summed E-state index contributed by atoms with van der Waals surface area (Å²) in [6.45, 7) is 15.8. The summed E-state index contributed by atoms with van der Waals surface area (Å²) in [6.07, 6.45) is 19.7. The number of hydrogen-bond donors (Lipinski definition) is 7. The molecule has 0 aliphatic carbocycles. The Kier molecular flexibility index (Phi) is 27.4. The summed E-state index contributed by atoms with van der Waals surface area (Å²) in [6, 6.07) is 25.6. The number of aliphatic carboxylic acids is 1. The fourth-order valence-electron chi connectivity index (χ4n) is 11.5. The van der Waals surface area contributed by atoms with E-state index in [0.717, 1.165) is 78.3 Å².